The van der Waals surface area contributed by atoms with E-state index in [1.54, 1.807) is 25.1 Å². The van der Waals surface area contributed by atoms with Crippen LogP contribution in [0.2, 0.25) is 5.02 Å². The third-order valence-electron chi connectivity index (χ3n) is 2.39. The minimum Gasteiger partial charge on any atom is -0.325 e. The second-order valence-electron chi connectivity index (χ2n) is 4.15. The number of sulfonamides is 1. The van der Waals surface area contributed by atoms with Crippen LogP contribution in [0.4, 0.5) is 5.69 Å². The van der Waals surface area contributed by atoms with Crippen LogP contribution in [-0.2, 0) is 14.8 Å². The second kappa shape index (κ2) is 6.88. The number of amides is 1. The molecule has 0 atom stereocenters. The van der Waals surface area contributed by atoms with Crippen molar-refractivity contribution in [3.8, 4) is 0 Å². The van der Waals surface area contributed by atoms with Crippen molar-refractivity contribution >= 4 is 33.2 Å². The van der Waals surface area contributed by atoms with Gasteiger partial charge in [-0.1, -0.05) is 18.5 Å². The monoisotopic (exact) mass is 304 g/mol. The quantitative estimate of drug-likeness (QED) is 0.843. The molecule has 106 valence electrons. The van der Waals surface area contributed by atoms with Crippen molar-refractivity contribution < 1.29 is 13.2 Å². The molecule has 0 fully saturated rings. The van der Waals surface area contributed by atoms with E-state index in [4.69, 9.17) is 11.6 Å². The van der Waals surface area contributed by atoms with Crippen molar-refractivity contribution in [2.24, 2.45) is 0 Å². The van der Waals surface area contributed by atoms with Gasteiger partial charge in [-0.3, -0.25) is 4.79 Å². The molecule has 0 aromatic heterocycles. The number of carbonyl (C=O) groups is 1. The van der Waals surface area contributed by atoms with Gasteiger partial charge in [0.1, 0.15) is 0 Å². The molecule has 7 heteroatoms. The SMILES string of the molecule is CCCS(=O)(=O)NCC(=O)Nc1ccc(Cl)cc1C. The van der Waals surface area contributed by atoms with E-state index in [1.165, 1.54) is 0 Å². The standard InChI is InChI=1S/C12H17ClN2O3S/c1-3-6-19(17,18)14-8-12(16)15-11-5-4-10(13)7-9(11)2/h4-5,7,14H,3,6,8H2,1-2H3,(H,15,16). The van der Waals surface area contributed by atoms with Crippen molar-refractivity contribution in [1.82, 2.24) is 4.72 Å². The summed E-state index contributed by atoms with van der Waals surface area (Å²) >= 11 is 5.80. The maximum absolute atomic E-state index is 11.6. The molecule has 0 unspecified atom stereocenters. The average Bonchev–Trinajstić information content (AvgIpc) is 2.30. The van der Waals surface area contributed by atoms with Gasteiger partial charge in [-0.25, -0.2) is 13.1 Å². The number of carbonyl (C=O) groups excluding carboxylic acids is 1. The molecule has 1 amide bonds. The molecule has 1 rings (SSSR count). The zero-order chi connectivity index (χ0) is 14.5. The first-order valence-electron chi connectivity index (χ1n) is 5.87. The molecule has 0 heterocycles. The summed E-state index contributed by atoms with van der Waals surface area (Å²) in [6.45, 7) is 3.30. The molecule has 2 N–H and O–H groups in total. The Balaban J connectivity index is 2.56. The van der Waals surface area contributed by atoms with E-state index in [-0.39, 0.29) is 12.3 Å². The van der Waals surface area contributed by atoms with Gasteiger partial charge in [-0.05, 0) is 37.1 Å². The van der Waals surface area contributed by atoms with Gasteiger partial charge in [0.15, 0.2) is 0 Å². The van der Waals surface area contributed by atoms with Crippen LogP contribution in [0.15, 0.2) is 18.2 Å². The van der Waals surface area contributed by atoms with Crippen LogP contribution in [-0.4, -0.2) is 26.6 Å². The number of halogens is 1. The number of aryl methyl sites for hydroxylation is 1. The zero-order valence-electron chi connectivity index (χ0n) is 10.9. The number of anilines is 1. The Bertz CT molecular complexity index is 558. The minimum atomic E-state index is -3.37. The van der Waals surface area contributed by atoms with E-state index in [9.17, 15) is 13.2 Å². The third-order valence-corrected chi connectivity index (χ3v) is 4.15. The summed E-state index contributed by atoms with van der Waals surface area (Å²) in [7, 11) is -3.37. The van der Waals surface area contributed by atoms with Crippen molar-refractivity contribution in [1.29, 1.82) is 0 Å². The van der Waals surface area contributed by atoms with Crippen molar-refractivity contribution in [2.45, 2.75) is 20.3 Å². The first-order chi connectivity index (χ1) is 8.84. The molecule has 0 aliphatic heterocycles. The summed E-state index contributed by atoms with van der Waals surface area (Å²) < 4.78 is 25.0. The number of rotatable bonds is 6. The predicted octanol–water partition coefficient (Wildman–Crippen LogP) is 1.92. The molecule has 0 aliphatic carbocycles. The number of hydrogen-bond acceptors (Lipinski definition) is 3. The Morgan fingerprint density at radius 3 is 2.63 bits per heavy atom. The van der Waals surface area contributed by atoms with E-state index in [0.717, 1.165) is 5.56 Å². The Kier molecular flexibility index (Phi) is 5.78. The van der Waals surface area contributed by atoms with Crippen molar-refractivity contribution in [3.05, 3.63) is 28.8 Å². The number of hydrogen-bond donors (Lipinski definition) is 2. The van der Waals surface area contributed by atoms with E-state index in [1.807, 2.05) is 6.92 Å². The Hall–Kier alpha value is -1.11. The molecule has 5 nitrogen and oxygen atoms in total. The van der Waals surface area contributed by atoms with Crippen molar-refractivity contribution in [3.63, 3.8) is 0 Å². The van der Waals surface area contributed by atoms with Crippen LogP contribution < -0.4 is 10.0 Å². The highest BCUT2D eigenvalue weighted by molar-refractivity contribution is 7.89. The second-order valence-corrected chi connectivity index (χ2v) is 6.51. The third kappa shape index (κ3) is 5.59. The first-order valence-corrected chi connectivity index (χ1v) is 7.90. The minimum absolute atomic E-state index is 0.0141. The summed E-state index contributed by atoms with van der Waals surface area (Å²) in [4.78, 5) is 11.6. The van der Waals surface area contributed by atoms with Crippen LogP contribution >= 0.6 is 11.6 Å². The van der Waals surface area contributed by atoms with E-state index >= 15 is 0 Å². The summed E-state index contributed by atoms with van der Waals surface area (Å²) in [5.41, 5.74) is 1.43. The van der Waals surface area contributed by atoms with Gasteiger partial charge in [0.2, 0.25) is 15.9 Å². The molecule has 0 radical (unpaired) electrons. The Morgan fingerprint density at radius 2 is 2.05 bits per heavy atom. The van der Waals surface area contributed by atoms with E-state index in [0.29, 0.717) is 17.1 Å². The molecular formula is C12H17ClN2O3S. The summed E-state index contributed by atoms with van der Waals surface area (Å²) in [6.07, 6.45) is 0.507. The molecule has 1 aromatic carbocycles. The van der Waals surface area contributed by atoms with Gasteiger partial charge >= 0.3 is 0 Å². The van der Waals surface area contributed by atoms with Gasteiger partial charge < -0.3 is 5.32 Å². The fourth-order valence-corrected chi connectivity index (χ4v) is 2.74. The number of nitrogens with one attached hydrogen (secondary N) is 2. The molecule has 0 bridgehead atoms. The average molecular weight is 305 g/mol. The topological polar surface area (TPSA) is 75.3 Å². The molecule has 0 spiro atoms. The van der Waals surface area contributed by atoms with Gasteiger partial charge in [-0.2, -0.15) is 0 Å². The lowest BCUT2D eigenvalue weighted by atomic mass is 10.2. The maximum atomic E-state index is 11.6. The molecule has 0 aliphatic rings. The van der Waals surface area contributed by atoms with Crippen LogP contribution in [0.25, 0.3) is 0 Å². The fraction of sp³-hybridized carbons (Fsp3) is 0.417. The van der Waals surface area contributed by atoms with Gasteiger partial charge in [0, 0.05) is 10.7 Å². The molecule has 19 heavy (non-hydrogen) atoms. The van der Waals surface area contributed by atoms with Crippen LogP contribution in [0.5, 0.6) is 0 Å². The van der Waals surface area contributed by atoms with Crippen LogP contribution in [0, 0.1) is 6.92 Å². The lowest BCUT2D eigenvalue weighted by Crippen LogP contribution is -2.34. The summed E-state index contributed by atoms with van der Waals surface area (Å²) in [6, 6.07) is 5.06. The van der Waals surface area contributed by atoms with Crippen LogP contribution in [0.1, 0.15) is 18.9 Å². The highest BCUT2D eigenvalue weighted by Crippen LogP contribution is 2.19. The van der Waals surface area contributed by atoms with Gasteiger partial charge in [0.25, 0.3) is 0 Å². The smallest absolute Gasteiger partial charge is 0.239 e. The van der Waals surface area contributed by atoms with Crippen LogP contribution in [0.3, 0.4) is 0 Å². The molecule has 0 saturated carbocycles. The van der Waals surface area contributed by atoms with Crippen molar-refractivity contribution in [2.75, 3.05) is 17.6 Å². The molecular weight excluding hydrogens is 288 g/mol. The maximum Gasteiger partial charge on any atom is 0.239 e. The highest BCUT2D eigenvalue weighted by atomic mass is 35.5. The normalized spacial score (nSPS) is 11.3. The first kappa shape index (κ1) is 15.9. The van der Waals surface area contributed by atoms with E-state index in [2.05, 4.69) is 10.0 Å². The summed E-state index contributed by atoms with van der Waals surface area (Å²) in [5, 5.41) is 3.21. The predicted molar refractivity (Wildman–Crippen MR) is 76.9 cm³/mol. The van der Waals surface area contributed by atoms with Gasteiger partial charge in [-0.15, -0.1) is 0 Å². The molecule has 1 aromatic rings. The zero-order valence-corrected chi connectivity index (χ0v) is 12.4. The molecule has 0 saturated heterocycles. The Labute approximate surface area is 118 Å². The number of benzene rings is 1. The van der Waals surface area contributed by atoms with Gasteiger partial charge in [0.05, 0.1) is 12.3 Å². The lowest BCUT2D eigenvalue weighted by molar-refractivity contribution is -0.115. The largest absolute Gasteiger partial charge is 0.325 e. The Morgan fingerprint density at radius 1 is 1.37 bits per heavy atom. The van der Waals surface area contributed by atoms with E-state index < -0.39 is 15.9 Å². The fourth-order valence-electron chi connectivity index (χ4n) is 1.48. The summed E-state index contributed by atoms with van der Waals surface area (Å²) in [5.74, 6) is -0.398. The highest BCUT2D eigenvalue weighted by Gasteiger charge is 2.11. The lowest BCUT2D eigenvalue weighted by Gasteiger charge is -2.09.